The molecule has 0 heterocycles. The number of rotatable bonds is 14. The van der Waals surface area contributed by atoms with Gasteiger partial charge in [0.25, 0.3) is 0 Å². The van der Waals surface area contributed by atoms with Gasteiger partial charge in [-0.05, 0) is 19.8 Å². The fourth-order valence-corrected chi connectivity index (χ4v) is 2.20. The third-order valence-corrected chi connectivity index (χ3v) is 3.41. The van der Waals surface area contributed by atoms with E-state index in [4.69, 9.17) is 14.9 Å². The molecule has 0 saturated heterocycles. The number of unbranched alkanes of at least 4 members (excludes halogenated alkanes) is 2. The average molecular weight is 291 g/mol. The first kappa shape index (κ1) is 19.8. The van der Waals surface area contributed by atoms with Gasteiger partial charge in [-0.15, -0.1) is 0 Å². The molecule has 122 valence electrons. The molecule has 0 amide bonds. The summed E-state index contributed by atoms with van der Waals surface area (Å²) in [5, 5.41) is 27.5. The predicted octanol–water partition coefficient (Wildman–Crippen LogP) is 1.01. The first-order valence-electron chi connectivity index (χ1n) is 7.89. The van der Waals surface area contributed by atoms with Crippen molar-refractivity contribution in [3.63, 3.8) is 0 Å². The van der Waals surface area contributed by atoms with E-state index in [-0.39, 0.29) is 19.3 Å². The lowest BCUT2D eigenvalue weighted by molar-refractivity contribution is -0.0372. The highest BCUT2D eigenvalue weighted by Gasteiger charge is 2.15. The molecule has 0 radical (unpaired) electrons. The van der Waals surface area contributed by atoms with E-state index in [1.807, 2.05) is 4.90 Å². The molecule has 20 heavy (non-hydrogen) atoms. The monoisotopic (exact) mass is 291 g/mol. The molecule has 0 bridgehead atoms. The summed E-state index contributed by atoms with van der Waals surface area (Å²) < 4.78 is 5.76. The van der Waals surface area contributed by atoms with Crippen molar-refractivity contribution in [3.05, 3.63) is 0 Å². The van der Waals surface area contributed by atoms with E-state index in [2.05, 4.69) is 6.92 Å². The summed E-state index contributed by atoms with van der Waals surface area (Å²) in [6, 6.07) is 0. The Kier molecular flexibility index (Phi) is 13.6. The second-order valence-corrected chi connectivity index (χ2v) is 5.29. The molecule has 0 aliphatic rings. The Morgan fingerprint density at radius 1 is 1.00 bits per heavy atom. The van der Waals surface area contributed by atoms with Crippen LogP contribution >= 0.6 is 0 Å². The maximum Gasteiger partial charge on any atom is 0.0831 e. The maximum absolute atomic E-state index is 9.69. The van der Waals surface area contributed by atoms with Gasteiger partial charge in [-0.25, -0.2) is 0 Å². The summed E-state index contributed by atoms with van der Waals surface area (Å²) in [4.78, 5) is 2.01. The zero-order chi connectivity index (χ0) is 15.2. The van der Waals surface area contributed by atoms with Crippen LogP contribution in [0, 0.1) is 0 Å². The van der Waals surface area contributed by atoms with E-state index < -0.39 is 6.10 Å². The molecular weight excluding hydrogens is 258 g/mol. The minimum absolute atomic E-state index is 0.0781. The first-order chi connectivity index (χ1) is 9.65. The van der Waals surface area contributed by atoms with Crippen LogP contribution in [0.1, 0.15) is 46.0 Å². The van der Waals surface area contributed by atoms with Crippen LogP contribution in [0.5, 0.6) is 0 Å². The number of aliphatic hydroxyl groups is 3. The van der Waals surface area contributed by atoms with Crippen molar-refractivity contribution >= 4 is 0 Å². The molecule has 0 aliphatic carbocycles. The Bertz CT molecular complexity index is 196. The number of nitrogens with zero attached hydrogens (tertiary/aromatic N) is 1. The SMILES string of the molecule is CCCCCC(OCCCN(CCO)CCO)C(C)O. The molecule has 0 aromatic rings. The van der Waals surface area contributed by atoms with Crippen LogP contribution in [0.4, 0.5) is 0 Å². The van der Waals surface area contributed by atoms with E-state index in [0.29, 0.717) is 19.7 Å². The van der Waals surface area contributed by atoms with Crippen LogP contribution < -0.4 is 0 Å². The molecule has 0 rings (SSSR count). The average Bonchev–Trinajstić information content (AvgIpc) is 2.41. The van der Waals surface area contributed by atoms with Gasteiger partial charge in [0.1, 0.15) is 0 Å². The minimum Gasteiger partial charge on any atom is -0.395 e. The molecule has 0 spiro atoms. The van der Waals surface area contributed by atoms with Crippen LogP contribution in [-0.4, -0.2) is 71.9 Å². The second-order valence-electron chi connectivity index (χ2n) is 5.29. The molecule has 0 aliphatic heterocycles. The number of hydrogen-bond donors (Lipinski definition) is 3. The zero-order valence-electron chi connectivity index (χ0n) is 13.1. The van der Waals surface area contributed by atoms with Crippen molar-refractivity contribution in [1.82, 2.24) is 4.90 Å². The highest BCUT2D eigenvalue weighted by Crippen LogP contribution is 2.11. The van der Waals surface area contributed by atoms with Crippen molar-refractivity contribution in [2.24, 2.45) is 0 Å². The van der Waals surface area contributed by atoms with E-state index in [0.717, 1.165) is 25.8 Å². The van der Waals surface area contributed by atoms with Gasteiger partial charge in [-0.3, -0.25) is 4.90 Å². The minimum atomic E-state index is -0.433. The third kappa shape index (κ3) is 10.6. The highest BCUT2D eigenvalue weighted by molar-refractivity contribution is 4.65. The molecule has 3 N–H and O–H groups in total. The van der Waals surface area contributed by atoms with Gasteiger partial charge in [-0.1, -0.05) is 26.2 Å². The molecule has 0 aromatic carbocycles. The van der Waals surface area contributed by atoms with Gasteiger partial charge in [0.2, 0.25) is 0 Å². The molecule has 5 nitrogen and oxygen atoms in total. The Balaban J connectivity index is 3.80. The van der Waals surface area contributed by atoms with Crippen molar-refractivity contribution in [1.29, 1.82) is 0 Å². The predicted molar refractivity (Wildman–Crippen MR) is 80.8 cm³/mol. The number of hydrogen-bond acceptors (Lipinski definition) is 5. The lowest BCUT2D eigenvalue weighted by Crippen LogP contribution is -2.32. The molecule has 0 saturated carbocycles. The Morgan fingerprint density at radius 2 is 1.65 bits per heavy atom. The fourth-order valence-electron chi connectivity index (χ4n) is 2.20. The lowest BCUT2D eigenvalue weighted by Gasteiger charge is -2.23. The Morgan fingerprint density at radius 3 is 2.15 bits per heavy atom. The van der Waals surface area contributed by atoms with Gasteiger partial charge in [0, 0.05) is 26.2 Å². The molecule has 0 fully saturated rings. The van der Waals surface area contributed by atoms with Crippen molar-refractivity contribution < 1.29 is 20.1 Å². The highest BCUT2D eigenvalue weighted by atomic mass is 16.5. The van der Waals surface area contributed by atoms with Crippen molar-refractivity contribution in [3.8, 4) is 0 Å². The standard InChI is InChI=1S/C15H33NO4/c1-3-4-5-7-15(14(2)19)20-13-6-8-16(9-11-17)10-12-18/h14-15,17-19H,3-13H2,1-2H3. The van der Waals surface area contributed by atoms with Gasteiger partial charge in [0.05, 0.1) is 25.4 Å². The summed E-state index contributed by atoms with van der Waals surface area (Å²) in [6.07, 6.45) is 4.67. The molecule has 2 unspecified atom stereocenters. The summed E-state index contributed by atoms with van der Waals surface area (Å²) in [6.45, 7) is 6.71. The van der Waals surface area contributed by atoms with Crippen LogP contribution in [-0.2, 0) is 4.74 Å². The van der Waals surface area contributed by atoms with Crippen LogP contribution in [0.15, 0.2) is 0 Å². The summed E-state index contributed by atoms with van der Waals surface area (Å²) in [7, 11) is 0. The van der Waals surface area contributed by atoms with Gasteiger partial charge < -0.3 is 20.1 Å². The molecule has 0 aromatic heterocycles. The normalized spacial score (nSPS) is 14.7. The maximum atomic E-state index is 9.69. The zero-order valence-corrected chi connectivity index (χ0v) is 13.1. The van der Waals surface area contributed by atoms with E-state index in [1.54, 1.807) is 6.92 Å². The third-order valence-electron chi connectivity index (χ3n) is 3.41. The molecular formula is C15H33NO4. The summed E-state index contributed by atoms with van der Waals surface area (Å²) in [5.41, 5.74) is 0. The van der Waals surface area contributed by atoms with E-state index in [9.17, 15) is 5.11 Å². The van der Waals surface area contributed by atoms with E-state index in [1.165, 1.54) is 12.8 Å². The smallest absolute Gasteiger partial charge is 0.0831 e. The number of ether oxygens (including phenoxy) is 1. The molecule has 2 atom stereocenters. The van der Waals surface area contributed by atoms with Crippen LogP contribution in [0.25, 0.3) is 0 Å². The summed E-state index contributed by atoms with van der Waals surface area (Å²) >= 11 is 0. The Labute approximate surface area is 123 Å². The fraction of sp³-hybridized carbons (Fsp3) is 1.00. The Hall–Kier alpha value is -0.200. The topological polar surface area (TPSA) is 73.2 Å². The second kappa shape index (κ2) is 13.8. The summed E-state index contributed by atoms with van der Waals surface area (Å²) in [5.74, 6) is 0. The van der Waals surface area contributed by atoms with Gasteiger partial charge in [0.15, 0.2) is 0 Å². The van der Waals surface area contributed by atoms with Crippen molar-refractivity contribution in [2.45, 2.75) is 58.2 Å². The molecule has 5 heteroatoms. The van der Waals surface area contributed by atoms with Crippen LogP contribution in [0.3, 0.4) is 0 Å². The quantitative estimate of drug-likeness (QED) is 0.417. The lowest BCUT2D eigenvalue weighted by atomic mass is 10.1. The van der Waals surface area contributed by atoms with Gasteiger partial charge >= 0.3 is 0 Å². The van der Waals surface area contributed by atoms with Crippen LogP contribution in [0.2, 0.25) is 0 Å². The largest absolute Gasteiger partial charge is 0.395 e. The van der Waals surface area contributed by atoms with Gasteiger partial charge in [-0.2, -0.15) is 0 Å². The first-order valence-corrected chi connectivity index (χ1v) is 7.89. The number of aliphatic hydroxyl groups excluding tert-OH is 3. The van der Waals surface area contributed by atoms with Crippen molar-refractivity contribution in [2.75, 3.05) is 39.5 Å². The van der Waals surface area contributed by atoms with E-state index >= 15 is 0 Å².